The molecule has 6 heteroatoms. The van der Waals surface area contributed by atoms with Crippen LogP contribution in [0.1, 0.15) is 115 Å². The predicted molar refractivity (Wildman–Crippen MR) is 315 cm³/mol. The van der Waals surface area contributed by atoms with Crippen LogP contribution >= 0.6 is 10.0 Å². The van der Waals surface area contributed by atoms with Crippen LogP contribution in [-0.4, -0.2) is 38.4 Å². The van der Waals surface area contributed by atoms with Crippen molar-refractivity contribution in [3.05, 3.63) is 186 Å². The number of hydrogen-bond acceptors (Lipinski definition) is 3. The van der Waals surface area contributed by atoms with Crippen LogP contribution < -0.4 is 0 Å². The maximum atomic E-state index is 12.6. The Morgan fingerprint density at radius 3 is 1.80 bits per heavy atom. The Balaban J connectivity index is 0.00000784. The number of rotatable bonds is 8. The smallest absolute Gasteiger partial charge is 0.148 e. The first-order valence-corrected chi connectivity index (χ1v) is 28.3. The second kappa shape index (κ2) is 19.9. The Labute approximate surface area is 462 Å². The van der Waals surface area contributed by atoms with E-state index in [-0.39, 0.29) is 54.0 Å². The van der Waals surface area contributed by atoms with E-state index >= 15 is 0 Å². The number of benzene rings is 7. The van der Waals surface area contributed by atoms with Gasteiger partial charge >= 0.3 is 0 Å². The number of hydrogen-bond donors (Lipinski definition) is 1. The number of imidazole rings is 1. The quantitative estimate of drug-likeness (QED) is 0.154. The number of aromatic hydroxyl groups is 1. The van der Waals surface area contributed by atoms with Crippen molar-refractivity contribution >= 4 is 21.1 Å². The molecule has 7 aromatic carbocycles. The predicted octanol–water partition coefficient (Wildman–Crippen LogP) is 18.5. The van der Waals surface area contributed by atoms with Crippen LogP contribution in [0.4, 0.5) is 0 Å². The van der Waals surface area contributed by atoms with E-state index in [0.717, 1.165) is 77.9 Å². The first-order chi connectivity index (χ1) is 35.4. The van der Waals surface area contributed by atoms with Gasteiger partial charge in [-0.25, -0.2) is 15.0 Å². The summed E-state index contributed by atoms with van der Waals surface area (Å²) in [5.41, 5.74) is 15.4. The molecule has 2 heterocycles. The largest absolute Gasteiger partial charge is 0.507 e. The summed E-state index contributed by atoms with van der Waals surface area (Å²) in [6.45, 7) is 24.1. The molecule has 0 amide bonds. The summed E-state index contributed by atoms with van der Waals surface area (Å²) in [7, 11) is -0.904. The molecule has 0 saturated carbocycles. The van der Waals surface area contributed by atoms with E-state index in [0.29, 0.717) is 22.6 Å². The molecule has 1 N–H and O–H groups in total. The van der Waals surface area contributed by atoms with Crippen LogP contribution in [0.15, 0.2) is 157 Å². The molecule has 74 heavy (non-hydrogen) atoms. The standard InChI is InChI=1S/C68H74N3OS.Pt/c1-43-35-46(44-25-29-53(30-26-44)73(14,15)16)27-31-54(43)47-33-34-69-59(39-47)49-36-48(37-51(38-49)66(5,6)7)55-23-20-24-61-62(55)70-64(57-41-52(67(8,9)10)42-58(63(57)72)68(11,12)13)71(61)60-32-28-50(65(2,3)4)40-56(60)45-21-18-17-19-22-45;/h17-35,37-42,72H,1-16H3;/q-1;/i1D3;. The third kappa shape index (κ3) is 10.9. The summed E-state index contributed by atoms with van der Waals surface area (Å²) in [4.78, 5) is 11.9. The third-order valence-electron chi connectivity index (χ3n) is 14.2. The van der Waals surface area contributed by atoms with E-state index in [9.17, 15) is 5.11 Å². The maximum Gasteiger partial charge on any atom is 0.148 e. The van der Waals surface area contributed by atoms with Crippen LogP contribution in [0.5, 0.6) is 5.75 Å². The zero-order chi connectivity index (χ0) is 55.1. The number of aryl methyl sites for hydroxylation is 1. The molecule has 2 aromatic heterocycles. The summed E-state index contributed by atoms with van der Waals surface area (Å²) in [6.07, 6.45) is 8.58. The van der Waals surface area contributed by atoms with Gasteiger partial charge in [-0.15, -0.1) is 29.3 Å². The summed E-state index contributed by atoms with van der Waals surface area (Å²) in [6, 6.07) is 54.3. The van der Waals surface area contributed by atoms with Crippen molar-refractivity contribution < 1.29 is 30.3 Å². The average molecular weight is 1180 g/mol. The zero-order valence-electron chi connectivity index (χ0n) is 48.9. The summed E-state index contributed by atoms with van der Waals surface area (Å²) >= 11 is 0. The van der Waals surface area contributed by atoms with E-state index in [1.54, 1.807) is 6.20 Å². The average Bonchev–Trinajstić information content (AvgIpc) is 3.80. The van der Waals surface area contributed by atoms with Crippen molar-refractivity contribution in [1.29, 1.82) is 0 Å². The normalized spacial score (nSPS) is 13.5. The molecule has 0 aliphatic rings. The molecule has 384 valence electrons. The minimum absolute atomic E-state index is 0. The third-order valence-corrected chi connectivity index (χ3v) is 15.9. The van der Waals surface area contributed by atoms with Crippen molar-refractivity contribution in [2.24, 2.45) is 0 Å². The molecule has 0 saturated heterocycles. The van der Waals surface area contributed by atoms with E-state index < -0.39 is 16.9 Å². The number of nitrogens with zero attached hydrogens (tertiary/aromatic N) is 3. The zero-order valence-corrected chi connectivity index (χ0v) is 49.0. The number of para-hydroxylation sites is 1. The Morgan fingerprint density at radius 2 is 1.16 bits per heavy atom. The molecular formula is C68H74N3OPtS-. The van der Waals surface area contributed by atoms with Gasteiger partial charge in [0.15, 0.2) is 0 Å². The molecule has 9 aromatic rings. The van der Waals surface area contributed by atoms with Crippen molar-refractivity contribution in [2.75, 3.05) is 18.8 Å². The van der Waals surface area contributed by atoms with E-state index in [1.165, 1.54) is 10.5 Å². The fourth-order valence-electron chi connectivity index (χ4n) is 9.66. The molecular weight excluding hydrogens is 1100 g/mol. The SMILES string of the molecule is [2H]C([2H])([2H])c1cc(-c2ccc(S(C)(C)C)cc2)ccc1-c1ccnc(-c2[c-]c(-c3cccc4c3nc(-c3cc(C(C)(C)C)cc(C(C)(C)C)c3O)n4-c3ccc(C(C)(C)C)cc3-c3ccccc3)cc(C(C)(C)C)c2)c1.[Pt]. The topological polar surface area (TPSA) is 50.9 Å². The van der Waals surface area contributed by atoms with E-state index in [4.69, 9.17) is 14.1 Å². The first-order valence-electron chi connectivity index (χ1n) is 27.0. The van der Waals surface area contributed by atoms with E-state index in [2.05, 4.69) is 222 Å². The van der Waals surface area contributed by atoms with Gasteiger partial charge in [0.25, 0.3) is 0 Å². The number of phenols is 1. The fraction of sp³-hybridized carbons (Fsp3) is 0.294. The molecule has 4 nitrogen and oxygen atoms in total. The molecule has 0 spiro atoms. The number of phenolic OH excluding ortho intramolecular Hbond substituents is 1. The number of aromatic nitrogens is 3. The Kier molecular flexibility index (Phi) is 13.5. The minimum atomic E-state index is -2.37. The molecule has 0 aliphatic heterocycles. The Bertz CT molecular complexity index is 3650. The van der Waals surface area contributed by atoms with Gasteiger partial charge in [-0.05, 0) is 139 Å². The van der Waals surface area contributed by atoms with Crippen LogP contribution in [0.3, 0.4) is 0 Å². The number of fused-ring (bicyclic) bond motifs is 1. The van der Waals surface area contributed by atoms with Gasteiger partial charge in [0.1, 0.15) is 11.6 Å². The van der Waals surface area contributed by atoms with Crippen molar-refractivity contribution in [3.63, 3.8) is 0 Å². The molecule has 0 radical (unpaired) electrons. The van der Waals surface area contributed by atoms with Crippen molar-refractivity contribution in [2.45, 2.75) is 116 Å². The van der Waals surface area contributed by atoms with Crippen LogP contribution in [0, 0.1) is 12.9 Å². The summed E-state index contributed by atoms with van der Waals surface area (Å²) in [5, 5.41) is 12.6. The van der Waals surface area contributed by atoms with Crippen LogP contribution in [0.2, 0.25) is 0 Å². The van der Waals surface area contributed by atoms with Gasteiger partial charge in [-0.3, -0.25) is 9.55 Å². The van der Waals surface area contributed by atoms with E-state index in [1.807, 2.05) is 36.4 Å². The van der Waals surface area contributed by atoms with Crippen LogP contribution in [-0.2, 0) is 42.7 Å². The summed E-state index contributed by atoms with van der Waals surface area (Å²) < 4.78 is 28.5. The van der Waals surface area contributed by atoms with Gasteiger partial charge in [-0.2, -0.15) is 0 Å². The molecule has 0 atom stereocenters. The van der Waals surface area contributed by atoms with Crippen molar-refractivity contribution in [1.82, 2.24) is 14.5 Å². The number of pyridine rings is 1. The Hall–Kier alpha value is -6.00. The molecule has 0 bridgehead atoms. The van der Waals surface area contributed by atoms with Gasteiger partial charge in [0.05, 0.1) is 22.3 Å². The molecule has 0 fully saturated rings. The van der Waals surface area contributed by atoms with Gasteiger partial charge < -0.3 is 5.11 Å². The maximum absolute atomic E-state index is 12.6. The molecule has 0 unspecified atom stereocenters. The summed E-state index contributed by atoms with van der Waals surface area (Å²) in [5.74, 6) is 0.852. The Morgan fingerprint density at radius 1 is 0.527 bits per heavy atom. The first kappa shape index (κ1) is 50.2. The van der Waals surface area contributed by atoms with Gasteiger partial charge in [0.2, 0.25) is 0 Å². The molecule has 9 rings (SSSR count). The van der Waals surface area contributed by atoms with Gasteiger partial charge in [0, 0.05) is 48.2 Å². The van der Waals surface area contributed by atoms with Crippen LogP contribution in [0.25, 0.3) is 83.9 Å². The second-order valence-corrected chi connectivity index (χ2v) is 28.9. The second-order valence-electron chi connectivity index (χ2n) is 24.7. The van der Waals surface area contributed by atoms with Crippen molar-refractivity contribution in [3.8, 4) is 78.6 Å². The minimum Gasteiger partial charge on any atom is -0.507 e. The molecule has 0 aliphatic carbocycles. The fourth-order valence-corrected chi connectivity index (χ4v) is 10.6. The van der Waals surface area contributed by atoms with Gasteiger partial charge in [-0.1, -0.05) is 185 Å². The monoisotopic (exact) mass is 1180 g/mol.